The summed E-state index contributed by atoms with van der Waals surface area (Å²) in [4.78, 5) is 16.7. The molecule has 0 bridgehead atoms. The van der Waals surface area contributed by atoms with Crippen molar-refractivity contribution in [3.63, 3.8) is 0 Å². The van der Waals surface area contributed by atoms with Crippen LogP contribution >= 0.6 is 22.6 Å². The van der Waals surface area contributed by atoms with Gasteiger partial charge in [0.2, 0.25) is 6.61 Å². The number of benzene rings is 1. The largest absolute Gasteiger partial charge is 0.466 e. The lowest BCUT2D eigenvalue weighted by atomic mass is 9.91. The Bertz CT molecular complexity index is 597. The fourth-order valence-electron chi connectivity index (χ4n) is 2.21. The van der Waals surface area contributed by atoms with Crippen molar-refractivity contribution >= 4 is 43.3 Å². The molecule has 2 unspecified atom stereocenters. The lowest BCUT2D eigenvalue weighted by molar-refractivity contribution is -0.145. The second-order valence-electron chi connectivity index (χ2n) is 7.26. The quantitative estimate of drug-likeness (QED) is 0.129. The summed E-state index contributed by atoms with van der Waals surface area (Å²) < 4.78 is 12.1. The molecular formula is C19H30INO4Si. The summed E-state index contributed by atoms with van der Waals surface area (Å²) in [5.74, 6) is -0.462. The molecule has 1 aromatic carbocycles. The molecule has 0 aliphatic carbocycles. The summed E-state index contributed by atoms with van der Waals surface area (Å²) in [6.07, 6.45) is 0.763. The summed E-state index contributed by atoms with van der Waals surface area (Å²) in [5, 5.41) is 4.47. The van der Waals surface area contributed by atoms with Crippen molar-refractivity contribution in [2.24, 2.45) is 5.16 Å². The van der Waals surface area contributed by atoms with E-state index in [1.54, 1.807) is 0 Å². The summed E-state index contributed by atoms with van der Waals surface area (Å²) in [7, 11) is -0.195. The number of oxime groups is 1. The van der Waals surface area contributed by atoms with Crippen LogP contribution in [0.15, 0.2) is 35.5 Å². The van der Waals surface area contributed by atoms with E-state index in [1.165, 1.54) is 7.11 Å². The average Bonchev–Trinajstić information content (AvgIpc) is 2.63. The number of carbonyl (C=O) groups excluding carboxylic acids is 1. The number of alkyl halides is 1. The summed E-state index contributed by atoms with van der Waals surface area (Å²) in [5.41, 5.74) is 1.10. The number of esters is 1. The fourth-order valence-corrected chi connectivity index (χ4v) is 5.03. The predicted molar refractivity (Wildman–Crippen MR) is 117 cm³/mol. The van der Waals surface area contributed by atoms with Gasteiger partial charge in [-0.05, 0) is 18.0 Å². The molecule has 1 aromatic rings. The number of hydrogen-bond acceptors (Lipinski definition) is 5. The monoisotopic (exact) mass is 491 g/mol. The van der Waals surface area contributed by atoms with E-state index in [0.29, 0.717) is 0 Å². The number of hydrogen-bond donors (Lipinski definition) is 0. The lowest BCUT2D eigenvalue weighted by Crippen LogP contribution is -2.49. The third kappa shape index (κ3) is 6.35. The molecule has 5 nitrogen and oxygen atoms in total. The molecule has 0 radical (unpaired) electrons. The first-order chi connectivity index (χ1) is 12.2. The van der Waals surface area contributed by atoms with Gasteiger partial charge in [0.1, 0.15) is 11.3 Å². The Morgan fingerprint density at radius 1 is 1.23 bits per heavy atom. The van der Waals surface area contributed by atoms with Gasteiger partial charge in [0.25, 0.3) is 0 Å². The molecule has 0 spiro atoms. The molecule has 0 saturated carbocycles. The highest BCUT2D eigenvalue weighted by Crippen LogP contribution is 2.34. The topological polar surface area (TPSA) is 57.1 Å². The maximum atomic E-state index is 11.4. The minimum Gasteiger partial charge on any atom is -0.466 e. The van der Waals surface area contributed by atoms with Crippen LogP contribution in [0.5, 0.6) is 0 Å². The van der Waals surface area contributed by atoms with Crippen LogP contribution in [0.2, 0.25) is 11.6 Å². The van der Waals surface area contributed by atoms with E-state index >= 15 is 0 Å². The molecule has 1 rings (SSSR count). The molecule has 7 heteroatoms. The van der Waals surface area contributed by atoms with Gasteiger partial charge in [0, 0.05) is 9.99 Å². The van der Waals surface area contributed by atoms with E-state index in [1.807, 2.05) is 30.3 Å². The van der Waals surface area contributed by atoms with Crippen LogP contribution in [0, 0.1) is 0 Å². The van der Waals surface area contributed by atoms with Gasteiger partial charge in [0.15, 0.2) is 9.04 Å². The second-order valence-corrected chi connectivity index (χ2v) is 11.3. The van der Waals surface area contributed by atoms with Crippen molar-refractivity contribution < 1.29 is 18.8 Å². The minimum absolute atomic E-state index is 0.126. The standard InChI is InChI=1S/C19H30INO4Si/c1-7-19(14-20,25-26(6)18(2,3)4)17(15-11-9-8-10-12-15)21-24-13-16(22)23-5/h8-12,26H,7,13-14H2,1-6H3/b21-17+. The zero-order valence-corrected chi connectivity index (χ0v) is 19.9. The first-order valence-corrected chi connectivity index (χ1v) is 12.5. The summed E-state index contributed by atoms with van der Waals surface area (Å²) >= 11 is 2.35. The highest BCUT2D eigenvalue weighted by atomic mass is 127. The maximum absolute atomic E-state index is 11.4. The zero-order valence-electron chi connectivity index (χ0n) is 16.5. The van der Waals surface area contributed by atoms with Gasteiger partial charge in [-0.2, -0.15) is 0 Å². The van der Waals surface area contributed by atoms with Crippen LogP contribution < -0.4 is 0 Å². The van der Waals surface area contributed by atoms with Gasteiger partial charge in [-0.15, -0.1) is 0 Å². The van der Waals surface area contributed by atoms with E-state index < -0.39 is 20.6 Å². The number of rotatable bonds is 9. The Morgan fingerprint density at radius 3 is 2.31 bits per heavy atom. The van der Waals surface area contributed by atoms with E-state index in [0.717, 1.165) is 22.1 Å². The maximum Gasteiger partial charge on any atom is 0.346 e. The van der Waals surface area contributed by atoms with Crippen LogP contribution in [-0.4, -0.2) is 44.5 Å². The lowest BCUT2D eigenvalue weighted by Gasteiger charge is -2.39. The van der Waals surface area contributed by atoms with Crippen molar-refractivity contribution in [1.82, 2.24) is 0 Å². The van der Waals surface area contributed by atoms with Crippen LogP contribution in [0.4, 0.5) is 0 Å². The average molecular weight is 491 g/mol. The number of ether oxygens (including phenoxy) is 1. The Labute approximate surface area is 172 Å². The van der Waals surface area contributed by atoms with Crippen LogP contribution in [0.1, 0.15) is 39.7 Å². The molecule has 0 amide bonds. The van der Waals surface area contributed by atoms with E-state index in [9.17, 15) is 4.79 Å². The van der Waals surface area contributed by atoms with Gasteiger partial charge < -0.3 is 14.0 Å². The summed E-state index contributed by atoms with van der Waals surface area (Å²) in [6.45, 7) is 10.7. The Kier molecular flexibility index (Phi) is 9.25. The highest BCUT2D eigenvalue weighted by molar-refractivity contribution is 14.1. The smallest absolute Gasteiger partial charge is 0.346 e. The van der Waals surface area contributed by atoms with Crippen molar-refractivity contribution in [3.05, 3.63) is 35.9 Å². The van der Waals surface area contributed by atoms with Gasteiger partial charge in [-0.3, -0.25) is 0 Å². The normalized spacial score (nSPS) is 15.9. The van der Waals surface area contributed by atoms with Crippen molar-refractivity contribution in [2.45, 2.75) is 51.3 Å². The van der Waals surface area contributed by atoms with Gasteiger partial charge >= 0.3 is 5.97 Å². The molecule has 2 atom stereocenters. The first kappa shape index (κ1) is 23.1. The predicted octanol–water partition coefficient (Wildman–Crippen LogP) is 4.33. The molecule has 0 saturated heterocycles. The van der Waals surface area contributed by atoms with Crippen molar-refractivity contribution in [2.75, 3.05) is 18.1 Å². The Balaban J connectivity index is 3.29. The SMILES string of the molecule is CCC(CI)(O[SiH](C)C(C)(C)C)/C(=N/OCC(=O)OC)c1ccccc1. The Morgan fingerprint density at radius 2 is 1.85 bits per heavy atom. The molecule has 0 N–H and O–H groups in total. The first-order valence-electron chi connectivity index (χ1n) is 8.76. The van der Waals surface area contributed by atoms with Crippen LogP contribution in [-0.2, 0) is 18.8 Å². The van der Waals surface area contributed by atoms with E-state index in [4.69, 9.17) is 9.26 Å². The number of halogens is 1. The highest BCUT2D eigenvalue weighted by Gasteiger charge is 2.40. The third-order valence-corrected chi connectivity index (χ3v) is 8.93. The second kappa shape index (κ2) is 10.4. The number of nitrogens with zero attached hydrogens (tertiary/aromatic N) is 1. The Hall–Kier alpha value is -0.933. The number of carbonyl (C=O) groups is 1. The molecule has 146 valence electrons. The zero-order chi connectivity index (χ0) is 19.8. The number of methoxy groups -OCH3 is 1. The van der Waals surface area contributed by atoms with Gasteiger partial charge in [0.05, 0.1) is 7.11 Å². The molecular weight excluding hydrogens is 461 g/mol. The molecule has 0 aromatic heterocycles. The molecule has 0 heterocycles. The molecule has 0 aliphatic rings. The van der Waals surface area contributed by atoms with Crippen molar-refractivity contribution in [1.29, 1.82) is 0 Å². The third-order valence-electron chi connectivity index (χ3n) is 4.45. The molecule has 0 fully saturated rings. The molecule has 0 aliphatic heterocycles. The fraction of sp³-hybridized carbons (Fsp3) is 0.579. The van der Waals surface area contributed by atoms with Crippen molar-refractivity contribution in [3.8, 4) is 0 Å². The van der Waals surface area contributed by atoms with Crippen LogP contribution in [0.3, 0.4) is 0 Å². The van der Waals surface area contributed by atoms with Gasteiger partial charge in [-0.1, -0.05) is 85.8 Å². The minimum atomic E-state index is -1.52. The van der Waals surface area contributed by atoms with E-state index in [2.05, 4.69) is 66.7 Å². The van der Waals surface area contributed by atoms with Gasteiger partial charge in [-0.25, -0.2) is 4.79 Å². The van der Waals surface area contributed by atoms with Crippen LogP contribution in [0.25, 0.3) is 0 Å². The summed E-state index contributed by atoms with van der Waals surface area (Å²) in [6, 6.07) is 9.86. The van der Waals surface area contributed by atoms with E-state index in [-0.39, 0.29) is 11.6 Å². The molecule has 26 heavy (non-hydrogen) atoms.